The fourth-order valence-corrected chi connectivity index (χ4v) is 4.80. The lowest BCUT2D eigenvalue weighted by Crippen LogP contribution is -2.46. The number of thioether (sulfide) groups is 1. The highest BCUT2D eigenvalue weighted by Gasteiger charge is 2.28. The van der Waals surface area contributed by atoms with Crippen LogP contribution in [0.4, 0.5) is 0 Å². The molecule has 1 atom stereocenters. The van der Waals surface area contributed by atoms with E-state index in [2.05, 4.69) is 12.2 Å². The zero-order chi connectivity index (χ0) is 23.0. The van der Waals surface area contributed by atoms with Crippen molar-refractivity contribution in [1.82, 2.24) is 10.2 Å². The molecule has 9 heteroatoms. The van der Waals surface area contributed by atoms with Crippen LogP contribution >= 0.6 is 35.0 Å². The Bertz CT molecular complexity index is 839. The Morgan fingerprint density at radius 2 is 1.94 bits per heavy atom. The highest BCUT2D eigenvalue weighted by molar-refractivity contribution is 7.99. The van der Waals surface area contributed by atoms with Crippen LogP contribution in [0.5, 0.6) is 0 Å². The van der Waals surface area contributed by atoms with Crippen LogP contribution in [-0.4, -0.2) is 52.7 Å². The molecule has 170 valence electrons. The third-order valence-electron chi connectivity index (χ3n) is 5.14. The minimum Gasteiger partial charge on any atom is -0.480 e. The van der Waals surface area contributed by atoms with Gasteiger partial charge in [-0.15, -0.1) is 11.8 Å². The zero-order valence-electron chi connectivity index (χ0n) is 17.7. The predicted molar refractivity (Wildman–Crippen MR) is 126 cm³/mol. The molecule has 31 heavy (non-hydrogen) atoms. The van der Waals surface area contributed by atoms with E-state index in [1.54, 1.807) is 22.7 Å². The smallest absolute Gasteiger partial charge is 0.325 e. The van der Waals surface area contributed by atoms with Gasteiger partial charge in [0.2, 0.25) is 11.8 Å². The van der Waals surface area contributed by atoms with Crippen molar-refractivity contribution < 1.29 is 19.5 Å². The Hall–Kier alpha value is -1.70. The van der Waals surface area contributed by atoms with Crippen LogP contribution < -0.4 is 5.32 Å². The molecule has 0 aromatic heterocycles. The largest absolute Gasteiger partial charge is 0.480 e. The number of hydrogen-bond donors (Lipinski definition) is 2. The number of carboxylic acids is 1. The molecule has 1 heterocycles. The number of unbranched alkanes of at least 4 members (excludes halogenated alkanes) is 1. The first kappa shape index (κ1) is 25.6. The lowest BCUT2D eigenvalue weighted by Gasteiger charge is -2.31. The van der Waals surface area contributed by atoms with Crippen LogP contribution in [0.3, 0.4) is 0 Å². The topological polar surface area (TPSA) is 86.7 Å². The third kappa shape index (κ3) is 7.44. The van der Waals surface area contributed by atoms with E-state index in [0.29, 0.717) is 41.5 Å². The van der Waals surface area contributed by atoms with Gasteiger partial charge >= 0.3 is 5.97 Å². The van der Waals surface area contributed by atoms with E-state index in [-0.39, 0.29) is 17.7 Å². The quantitative estimate of drug-likeness (QED) is 0.299. The fourth-order valence-electron chi connectivity index (χ4n) is 3.13. The van der Waals surface area contributed by atoms with E-state index in [4.69, 9.17) is 28.3 Å². The van der Waals surface area contributed by atoms with Gasteiger partial charge in [0, 0.05) is 30.0 Å². The Kier molecular flexibility index (Phi) is 10.2. The number of carboxylic acid groups (broad SMARTS) is 1. The second-order valence-electron chi connectivity index (χ2n) is 7.48. The Morgan fingerprint density at radius 3 is 2.55 bits per heavy atom. The average Bonchev–Trinajstić information content (AvgIpc) is 2.76. The summed E-state index contributed by atoms with van der Waals surface area (Å²) in [5.41, 5.74) is 0.678. The monoisotopic (exact) mass is 486 g/mol. The van der Waals surface area contributed by atoms with Crippen LogP contribution in [-0.2, 0) is 14.4 Å². The zero-order valence-corrected chi connectivity index (χ0v) is 20.0. The SMILES string of the molecule is CCCCSc1ccc(C=CC(=O)N2CCC(C(=O)NC(C)C(=O)O)CC2)c(Cl)c1Cl. The molecule has 1 aliphatic rings. The van der Waals surface area contributed by atoms with Crippen molar-refractivity contribution in [3.05, 3.63) is 33.8 Å². The van der Waals surface area contributed by atoms with Crippen molar-refractivity contribution in [3.8, 4) is 0 Å². The van der Waals surface area contributed by atoms with Crippen molar-refractivity contribution in [2.75, 3.05) is 18.8 Å². The average molecular weight is 487 g/mol. The molecule has 1 saturated heterocycles. The summed E-state index contributed by atoms with van der Waals surface area (Å²) in [5, 5.41) is 12.3. The molecule has 0 radical (unpaired) electrons. The molecular formula is C22H28Cl2N2O4S. The summed E-state index contributed by atoms with van der Waals surface area (Å²) in [6.07, 6.45) is 6.33. The maximum Gasteiger partial charge on any atom is 0.325 e. The molecule has 0 spiro atoms. The van der Waals surface area contributed by atoms with Crippen LogP contribution in [0.2, 0.25) is 10.0 Å². The van der Waals surface area contributed by atoms with Crippen LogP contribution in [0, 0.1) is 5.92 Å². The number of nitrogens with zero attached hydrogens (tertiary/aromatic N) is 1. The first-order valence-electron chi connectivity index (χ1n) is 10.4. The number of carbonyl (C=O) groups excluding carboxylic acids is 2. The van der Waals surface area contributed by atoms with Crippen molar-refractivity contribution in [1.29, 1.82) is 0 Å². The van der Waals surface area contributed by atoms with Gasteiger partial charge in [0.1, 0.15) is 6.04 Å². The Balaban J connectivity index is 1.91. The highest BCUT2D eigenvalue weighted by atomic mass is 35.5. The van der Waals surface area contributed by atoms with Gasteiger partial charge in [-0.25, -0.2) is 0 Å². The Morgan fingerprint density at radius 1 is 1.26 bits per heavy atom. The summed E-state index contributed by atoms with van der Waals surface area (Å²) in [6, 6.07) is 2.84. The lowest BCUT2D eigenvalue weighted by molar-refractivity contribution is -0.142. The van der Waals surface area contributed by atoms with E-state index in [0.717, 1.165) is 23.5 Å². The maximum absolute atomic E-state index is 12.5. The van der Waals surface area contributed by atoms with Crippen LogP contribution in [0.1, 0.15) is 45.1 Å². The second-order valence-corrected chi connectivity index (χ2v) is 9.38. The molecule has 2 N–H and O–H groups in total. The first-order chi connectivity index (χ1) is 14.7. The van der Waals surface area contributed by atoms with E-state index in [1.165, 1.54) is 13.0 Å². The molecule has 1 unspecified atom stereocenters. The summed E-state index contributed by atoms with van der Waals surface area (Å²) >= 11 is 14.4. The first-order valence-corrected chi connectivity index (χ1v) is 12.1. The number of piperidine rings is 1. The molecule has 1 aromatic carbocycles. The van der Waals surface area contributed by atoms with Gasteiger partial charge in [0.15, 0.2) is 0 Å². The van der Waals surface area contributed by atoms with Crippen molar-refractivity contribution >= 4 is 58.8 Å². The number of carbonyl (C=O) groups is 3. The summed E-state index contributed by atoms with van der Waals surface area (Å²) < 4.78 is 0. The van der Waals surface area contributed by atoms with Gasteiger partial charge in [-0.3, -0.25) is 14.4 Å². The van der Waals surface area contributed by atoms with E-state index < -0.39 is 12.0 Å². The third-order valence-corrected chi connectivity index (χ3v) is 7.30. The maximum atomic E-state index is 12.5. The van der Waals surface area contributed by atoms with Crippen LogP contribution in [0.25, 0.3) is 6.08 Å². The van der Waals surface area contributed by atoms with Crippen molar-refractivity contribution in [2.45, 2.75) is 50.5 Å². The number of amides is 2. The second kappa shape index (κ2) is 12.4. The highest BCUT2D eigenvalue weighted by Crippen LogP contribution is 2.36. The van der Waals surface area contributed by atoms with Crippen LogP contribution in [0.15, 0.2) is 23.1 Å². The van der Waals surface area contributed by atoms with Gasteiger partial charge in [0.05, 0.1) is 10.0 Å². The lowest BCUT2D eigenvalue weighted by atomic mass is 9.95. The standard InChI is InChI=1S/C22H28Cl2N2O4S/c1-3-4-13-31-17-7-5-15(19(23)20(17)24)6-8-18(27)26-11-9-16(10-12-26)21(28)25-14(2)22(29)30/h5-8,14,16H,3-4,9-13H2,1-2H3,(H,25,28)(H,29,30). The summed E-state index contributed by atoms with van der Waals surface area (Å²) in [7, 11) is 0. The number of hydrogen-bond acceptors (Lipinski definition) is 4. The molecule has 0 saturated carbocycles. The number of likely N-dealkylation sites (tertiary alicyclic amines) is 1. The Labute approximate surface area is 197 Å². The fraction of sp³-hybridized carbons (Fsp3) is 0.500. The van der Waals surface area contributed by atoms with E-state index in [9.17, 15) is 14.4 Å². The molecule has 0 bridgehead atoms. The number of rotatable bonds is 9. The van der Waals surface area contributed by atoms with E-state index >= 15 is 0 Å². The number of benzene rings is 1. The molecule has 6 nitrogen and oxygen atoms in total. The number of nitrogens with one attached hydrogen (secondary N) is 1. The summed E-state index contributed by atoms with van der Waals surface area (Å²) in [6.45, 7) is 4.43. The number of aliphatic carboxylic acids is 1. The van der Waals surface area contributed by atoms with Gasteiger partial charge < -0.3 is 15.3 Å². The molecule has 2 rings (SSSR count). The summed E-state index contributed by atoms with van der Waals surface area (Å²) in [4.78, 5) is 38.2. The minimum absolute atomic E-state index is 0.161. The normalized spacial score (nSPS) is 15.8. The van der Waals surface area contributed by atoms with E-state index in [1.807, 2.05) is 12.1 Å². The molecule has 2 amide bonds. The minimum atomic E-state index is -1.07. The molecule has 1 aromatic rings. The van der Waals surface area contributed by atoms with Gasteiger partial charge in [-0.2, -0.15) is 0 Å². The van der Waals surface area contributed by atoms with Gasteiger partial charge in [-0.05, 0) is 49.6 Å². The molecule has 0 aliphatic carbocycles. The molecule has 1 aliphatic heterocycles. The molecular weight excluding hydrogens is 459 g/mol. The van der Waals surface area contributed by atoms with Crippen molar-refractivity contribution in [2.24, 2.45) is 5.92 Å². The molecule has 1 fully saturated rings. The predicted octanol–water partition coefficient (Wildman–Crippen LogP) is 4.73. The van der Waals surface area contributed by atoms with Gasteiger partial charge in [0.25, 0.3) is 0 Å². The van der Waals surface area contributed by atoms with Crippen molar-refractivity contribution in [3.63, 3.8) is 0 Å². The summed E-state index contributed by atoms with van der Waals surface area (Å²) in [5.74, 6) is -0.829. The van der Waals surface area contributed by atoms with Gasteiger partial charge in [-0.1, -0.05) is 42.6 Å². The number of halogens is 2.